The molecule has 1 amide bonds. The summed E-state index contributed by atoms with van der Waals surface area (Å²) in [5.74, 6) is 1.23. The normalized spacial score (nSPS) is 25.1. The van der Waals surface area contributed by atoms with E-state index in [4.69, 9.17) is 4.74 Å². The number of hydrogen-bond acceptors (Lipinski definition) is 3. The lowest BCUT2D eigenvalue weighted by molar-refractivity contribution is -0.127. The summed E-state index contributed by atoms with van der Waals surface area (Å²) < 4.78 is 5.89. The fraction of sp³-hybridized carbons (Fsp3) is 0.619. The molecule has 0 bridgehead atoms. The van der Waals surface area contributed by atoms with E-state index in [2.05, 4.69) is 53.7 Å². The molecule has 7 heteroatoms. The third-order valence-corrected chi connectivity index (χ3v) is 5.81. The van der Waals surface area contributed by atoms with Gasteiger partial charge in [-0.05, 0) is 18.4 Å². The van der Waals surface area contributed by atoms with Crippen LogP contribution in [0.4, 0.5) is 0 Å². The molecule has 1 aliphatic carbocycles. The lowest BCUT2D eigenvalue weighted by Crippen LogP contribution is -2.68. The topological polar surface area (TPSA) is 66.0 Å². The van der Waals surface area contributed by atoms with Gasteiger partial charge in [0.15, 0.2) is 5.96 Å². The average Bonchev–Trinajstić information content (AvgIpc) is 3.11. The van der Waals surface area contributed by atoms with Gasteiger partial charge in [-0.3, -0.25) is 4.79 Å². The van der Waals surface area contributed by atoms with Crippen LogP contribution in [0, 0.1) is 11.3 Å². The molecular formula is C21H33IN4O2. The van der Waals surface area contributed by atoms with Crippen molar-refractivity contribution in [2.24, 2.45) is 16.3 Å². The maximum atomic E-state index is 12.0. The van der Waals surface area contributed by atoms with Crippen molar-refractivity contribution in [3.05, 3.63) is 35.9 Å². The van der Waals surface area contributed by atoms with Crippen molar-refractivity contribution in [2.75, 3.05) is 33.8 Å². The number of ether oxygens (including phenoxy) is 1. The molecule has 2 aliphatic rings. The molecule has 0 radical (unpaired) electrons. The molecule has 156 valence electrons. The maximum Gasteiger partial charge on any atom is 0.243 e. The van der Waals surface area contributed by atoms with Crippen molar-refractivity contribution < 1.29 is 9.53 Å². The molecule has 1 heterocycles. The van der Waals surface area contributed by atoms with Crippen LogP contribution >= 0.6 is 24.0 Å². The second kappa shape index (κ2) is 9.91. The van der Waals surface area contributed by atoms with Crippen molar-refractivity contribution >= 4 is 35.8 Å². The molecule has 6 nitrogen and oxygen atoms in total. The van der Waals surface area contributed by atoms with Crippen molar-refractivity contribution in [3.63, 3.8) is 0 Å². The molecule has 0 spiro atoms. The number of guanidine groups is 1. The Hall–Kier alpha value is -1.35. The summed E-state index contributed by atoms with van der Waals surface area (Å²) in [5.41, 5.74) is 1.34. The maximum absolute atomic E-state index is 12.0. The van der Waals surface area contributed by atoms with Gasteiger partial charge in [0.05, 0.1) is 6.10 Å². The first kappa shape index (κ1) is 22.9. The second-order valence-electron chi connectivity index (χ2n) is 8.30. The van der Waals surface area contributed by atoms with Crippen LogP contribution < -0.4 is 10.6 Å². The summed E-state index contributed by atoms with van der Waals surface area (Å²) in [6, 6.07) is 10.7. The minimum atomic E-state index is -0.00546. The molecule has 1 saturated heterocycles. The zero-order valence-corrected chi connectivity index (χ0v) is 19.6. The number of carbonyl (C=O) groups excluding carboxylic acids is 1. The molecule has 3 unspecified atom stereocenters. The smallest absolute Gasteiger partial charge is 0.243 e. The van der Waals surface area contributed by atoms with E-state index in [0.29, 0.717) is 24.0 Å². The molecule has 2 fully saturated rings. The van der Waals surface area contributed by atoms with Crippen LogP contribution in [0.15, 0.2) is 35.3 Å². The predicted molar refractivity (Wildman–Crippen MR) is 123 cm³/mol. The van der Waals surface area contributed by atoms with Crippen LogP contribution in [0.25, 0.3) is 0 Å². The molecule has 1 aliphatic heterocycles. The zero-order chi connectivity index (χ0) is 19.4. The third-order valence-electron chi connectivity index (χ3n) is 5.81. The zero-order valence-electron chi connectivity index (χ0n) is 17.3. The van der Waals surface area contributed by atoms with Gasteiger partial charge >= 0.3 is 0 Å². The number of amides is 1. The van der Waals surface area contributed by atoms with Crippen LogP contribution in [-0.4, -0.2) is 62.7 Å². The van der Waals surface area contributed by atoms with Gasteiger partial charge in [0.1, 0.15) is 6.54 Å². The number of likely N-dealkylation sites (N-methyl/N-ethyl adjacent to an activating group) is 1. The SMILES string of the molecule is CN(C)C(=O)CN=C(NCCc1ccccc1)NC1C2CCOC2C1(C)C.I. The van der Waals surface area contributed by atoms with E-state index in [0.717, 1.165) is 26.0 Å². The molecule has 2 N–H and O–H groups in total. The average molecular weight is 500 g/mol. The highest BCUT2D eigenvalue weighted by Gasteiger charge is 2.59. The van der Waals surface area contributed by atoms with E-state index < -0.39 is 0 Å². The van der Waals surface area contributed by atoms with E-state index in [9.17, 15) is 4.79 Å². The van der Waals surface area contributed by atoms with E-state index >= 15 is 0 Å². The fourth-order valence-corrected chi connectivity index (χ4v) is 4.18. The first-order chi connectivity index (χ1) is 12.9. The summed E-state index contributed by atoms with van der Waals surface area (Å²) in [6.45, 7) is 6.23. The van der Waals surface area contributed by atoms with Crippen molar-refractivity contribution in [3.8, 4) is 0 Å². The number of benzene rings is 1. The van der Waals surface area contributed by atoms with Crippen molar-refractivity contribution in [1.82, 2.24) is 15.5 Å². The number of carbonyl (C=O) groups is 1. The number of aliphatic imine (C=N–C) groups is 1. The molecule has 1 aromatic rings. The van der Waals surface area contributed by atoms with Crippen molar-refractivity contribution in [1.29, 1.82) is 0 Å². The Labute approximate surface area is 185 Å². The Morgan fingerprint density at radius 3 is 2.68 bits per heavy atom. The van der Waals surface area contributed by atoms with E-state index in [1.54, 1.807) is 19.0 Å². The Kier molecular flexibility index (Phi) is 8.12. The first-order valence-electron chi connectivity index (χ1n) is 9.80. The summed E-state index contributed by atoms with van der Waals surface area (Å²) in [6.07, 6.45) is 2.32. The van der Waals surface area contributed by atoms with Gasteiger partial charge in [0.25, 0.3) is 0 Å². The second-order valence-corrected chi connectivity index (χ2v) is 8.30. The number of fused-ring (bicyclic) bond motifs is 1. The highest BCUT2D eigenvalue weighted by molar-refractivity contribution is 14.0. The Morgan fingerprint density at radius 2 is 2.00 bits per heavy atom. The highest BCUT2D eigenvalue weighted by atomic mass is 127. The minimum Gasteiger partial charge on any atom is -0.377 e. The van der Waals surface area contributed by atoms with Crippen LogP contribution in [0.1, 0.15) is 25.8 Å². The molecule has 3 rings (SSSR count). The standard InChI is InChI=1S/C21H32N4O2.HI/c1-21(2)18(16-11-13-27-19(16)21)24-20(23-14-17(26)25(3)4)22-12-10-15-8-6-5-7-9-15;/h5-9,16,18-19H,10-14H2,1-4H3,(H2,22,23,24);1H. The van der Waals surface area contributed by atoms with Crippen molar-refractivity contribution in [2.45, 2.75) is 38.8 Å². The van der Waals surface area contributed by atoms with Gasteiger partial charge in [-0.2, -0.15) is 0 Å². The van der Waals surface area contributed by atoms with E-state index in [-0.39, 0.29) is 41.8 Å². The van der Waals surface area contributed by atoms with Crippen LogP contribution in [-0.2, 0) is 16.0 Å². The van der Waals surface area contributed by atoms with Gasteiger partial charge in [-0.1, -0.05) is 44.2 Å². The van der Waals surface area contributed by atoms with Crippen LogP contribution in [0.3, 0.4) is 0 Å². The Morgan fingerprint density at radius 1 is 1.29 bits per heavy atom. The lowest BCUT2D eigenvalue weighted by Gasteiger charge is -2.54. The minimum absolute atomic E-state index is 0. The summed E-state index contributed by atoms with van der Waals surface area (Å²) in [4.78, 5) is 18.1. The molecule has 1 aromatic carbocycles. The summed E-state index contributed by atoms with van der Waals surface area (Å²) in [7, 11) is 3.51. The molecular weight excluding hydrogens is 467 g/mol. The Bertz CT molecular complexity index is 678. The summed E-state index contributed by atoms with van der Waals surface area (Å²) >= 11 is 0. The number of nitrogens with zero attached hydrogens (tertiary/aromatic N) is 2. The fourth-order valence-electron chi connectivity index (χ4n) is 4.18. The molecule has 1 saturated carbocycles. The molecule has 0 aromatic heterocycles. The number of nitrogens with one attached hydrogen (secondary N) is 2. The first-order valence-corrected chi connectivity index (χ1v) is 9.80. The summed E-state index contributed by atoms with van der Waals surface area (Å²) in [5, 5.41) is 6.99. The quantitative estimate of drug-likeness (QED) is 0.358. The molecule has 28 heavy (non-hydrogen) atoms. The van der Waals surface area contributed by atoms with Gasteiger partial charge in [0, 0.05) is 44.6 Å². The van der Waals surface area contributed by atoms with Gasteiger partial charge < -0.3 is 20.3 Å². The number of rotatable bonds is 6. The van der Waals surface area contributed by atoms with Gasteiger partial charge in [0.2, 0.25) is 5.91 Å². The van der Waals surface area contributed by atoms with Gasteiger partial charge in [-0.25, -0.2) is 4.99 Å². The Balaban J connectivity index is 0.00000280. The van der Waals surface area contributed by atoms with Gasteiger partial charge in [-0.15, -0.1) is 24.0 Å². The van der Waals surface area contributed by atoms with Crippen LogP contribution in [0.5, 0.6) is 0 Å². The third kappa shape index (κ3) is 5.17. The predicted octanol–water partition coefficient (Wildman–Crippen LogP) is 2.28. The largest absolute Gasteiger partial charge is 0.377 e. The molecule has 3 atom stereocenters. The van der Waals surface area contributed by atoms with Crippen LogP contribution in [0.2, 0.25) is 0 Å². The van der Waals surface area contributed by atoms with E-state index in [1.807, 2.05) is 6.07 Å². The number of hydrogen-bond donors (Lipinski definition) is 2. The number of halogens is 1. The monoisotopic (exact) mass is 500 g/mol. The van der Waals surface area contributed by atoms with E-state index in [1.165, 1.54) is 5.56 Å². The highest BCUT2D eigenvalue weighted by Crippen LogP contribution is 2.52. The lowest BCUT2D eigenvalue weighted by atomic mass is 9.57.